The van der Waals surface area contributed by atoms with Crippen molar-refractivity contribution in [2.45, 2.75) is 73.0 Å². The van der Waals surface area contributed by atoms with E-state index in [1.54, 1.807) is 4.90 Å². The largest absolute Gasteiger partial charge is 0.484 e. The van der Waals surface area contributed by atoms with Crippen molar-refractivity contribution >= 4 is 23.4 Å². The van der Waals surface area contributed by atoms with Gasteiger partial charge in [-0.1, -0.05) is 42.8 Å². The van der Waals surface area contributed by atoms with E-state index in [9.17, 15) is 9.59 Å². The highest BCUT2D eigenvalue weighted by molar-refractivity contribution is 6.32. The molecule has 2 aromatic carbocycles. The van der Waals surface area contributed by atoms with E-state index in [0.717, 1.165) is 22.3 Å². The lowest BCUT2D eigenvalue weighted by atomic mass is 10.0. The highest BCUT2D eigenvalue weighted by atomic mass is 35.5. The number of nitrogens with zero attached hydrogens (tertiary/aromatic N) is 1. The Morgan fingerprint density at radius 2 is 1.66 bits per heavy atom. The van der Waals surface area contributed by atoms with Crippen molar-refractivity contribution in [3.8, 4) is 5.75 Å². The van der Waals surface area contributed by atoms with Crippen LogP contribution in [-0.4, -0.2) is 34.9 Å². The summed E-state index contributed by atoms with van der Waals surface area (Å²) in [5.41, 5.74) is 3.46. The lowest BCUT2D eigenvalue weighted by Gasteiger charge is -2.33. The number of amides is 2. The van der Waals surface area contributed by atoms with Gasteiger partial charge in [-0.2, -0.15) is 0 Å². The molecule has 0 aliphatic heterocycles. The van der Waals surface area contributed by atoms with Gasteiger partial charge >= 0.3 is 0 Å². The van der Waals surface area contributed by atoms with Gasteiger partial charge in [0.05, 0.1) is 0 Å². The normalized spacial score (nSPS) is 12.2. The number of carbonyl (C=O) groups excluding carboxylic acids is 2. The molecule has 0 aliphatic carbocycles. The van der Waals surface area contributed by atoms with Crippen LogP contribution in [0, 0.1) is 20.8 Å². The van der Waals surface area contributed by atoms with E-state index in [-0.39, 0.29) is 18.4 Å². The second-order valence-corrected chi connectivity index (χ2v) is 9.65. The molecular formula is C26H35ClN2O3. The zero-order valence-corrected chi connectivity index (χ0v) is 21.0. The summed E-state index contributed by atoms with van der Waals surface area (Å²) < 4.78 is 5.83. The fraction of sp³-hybridized carbons (Fsp3) is 0.462. The van der Waals surface area contributed by atoms with Crippen LogP contribution in [0.5, 0.6) is 5.75 Å². The molecule has 32 heavy (non-hydrogen) atoms. The predicted octanol–water partition coefficient (Wildman–Crippen LogP) is 5.37. The Morgan fingerprint density at radius 3 is 2.19 bits per heavy atom. The van der Waals surface area contributed by atoms with Crippen LogP contribution in [0.4, 0.5) is 0 Å². The van der Waals surface area contributed by atoms with Crippen LogP contribution in [0.3, 0.4) is 0 Å². The Labute approximate surface area is 197 Å². The second-order valence-electron chi connectivity index (χ2n) is 9.27. The van der Waals surface area contributed by atoms with E-state index >= 15 is 0 Å². The molecule has 0 fully saturated rings. The van der Waals surface area contributed by atoms with E-state index in [0.29, 0.717) is 23.7 Å². The summed E-state index contributed by atoms with van der Waals surface area (Å²) >= 11 is 6.24. The van der Waals surface area contributed by atoms with Crippen molar-refractivity contribution in [3.63, 3.8) is 0 Å². The third kappa shape index (κ3) is 6.99. The van der Waals surface area contributed by atoms with Crippen molar-refractivity contribution in [2.24, 2.45) is 0 Å². The molecule has 0 aromatic heterocycles. The van der Waals surface area contributed by atoms with Crippen LogP contribution in [0.15, 0.2) is 36.4 Å². The Hall–Kier alpha value is -2.53. The number of nitrogens with one attached hydrogen (secondary N) is 1. The van der Waals surface area contributed by atoms with Crippen LogP contribution in [0.2, 0.25) is 5.02 Å². The summed E-state index contributed by atoms with van der Waals surface area (Å²) in [7, 11) is 0. The summed E-state index contributed by atoms with van der Waals surface area (Å²) in [5, 5.41) is 3.70. The molecule has 174 valence electrons. The molecule has 0 bridgehead atoms. The van der Waals surface area contributed by atoms with Crippen molar-refractivity contribution in [3.05, 3.63) is 63.7 Å². The number of aryl methyl sites for hydroxylation is 3. The number of benzene rings is 2. The van der Waals surface area contributed by atoms with Crippen LogP contribution in [0.1, 0.15) is 56.4 Å². The molecule has 2 amide bonds. The molecule has 1 atom stereocenters. The topological polar surface area (TPSA) is 58.6 Å². The maximum absolute atomic E-state index is 13.3. The van der Waals surface area contributed by atoms with Crippen LogP contribution < -0.4 is 10.1 Å². The van der Waals surface area contributed by atoms with Crippen molar-refractivity contribution in [1.29, 1.82) is 0 Å². The third-order valence-corrected chi connectivity index (χ3v) is 5.85. The lowest BCUT2D eigenvalue weighted by Crippen LogP contribution is -2.54. The Kier molecular flexibility index (Phi) is 8.73. The van der Waals surface area contributed by atoms with Gasteiger partial charge in [0.25, 0.3) is 5.91 Å². The minimum absolute atomic E-state index is 0.161. The van der Waals surface area contributed by atoms with Gasteiger partial charge in [-0.15, -0.1) is 0 Å². The Balaban J connectivity index is 2.28. The van der Waals surface area contributed by atoms with Gasteiger partial charge in [0.2, 0.25) is 5.91 Å². The molecule has 1 N–H and O–H groups in total. The van der Waals surface area contributed by atoms with Crippen LogP contribution >= 0.6 is 11.6 Å². The van der Waals surface area contributed by atoms with Gasteiger partial charge in [0.1, 0.15) is 11.8 Å². The molecular weight excluding hydrogens is 424 g/mol. The molecule has 0 spiro atoms. The minimum atomic E-state index is -0.598. The van der Waals surface area contributed by atoms with E-state index < -0.39 is 11.6 Å². The highest BCUT2D eigenvalue weighted by Crippen LogP contribution is 2.26. The maximum atomic E-state index is 13.3. The second kappa shape index (κ2) is 10.9. The highest BCUT2D eigenvalue weighted by Gasteiger charge is 2.31. The summed E-state index contributed by atoms with van der Waals surface area (Å²) in [5.74, 6) is 0.176. The smallest absolute Gasteiger partial charge is 0.261 e. The van der Waals surface area contributed by atoms with Crippen LogP contribution in [-0.2, 0) is 16.1 Å². The van der Waals surface area contributed by atoms with E-state index in [4.69, 9.17) is 16.3 Å². The van der Waals surface area contributed by atoms with Gasteiger partial charge in [0.15, 0.2) is 6.61 Å². The molecule has 2 aromatic rings. The average Bonchev–Trinajstić information content (AvgIpc) is 2.70. The summed E-state index contributed by atoms with van der Waals surface area (Å²) in [6, 6.07) is 10.9. The van der Waals surface area contributed by atoms with E-state index in [1.807, 2.05) is 84.9 Å². The van der Waals surface area contributed by atoms with Crippen molar-refractivity contribution in [2.75, 3.05) is 6.61 Å². The number of halogens is 1. The van der Waals surface area contributed by atoms with Gasteiger partial charge in [-0.3, -0.25) is 9.59 Å². The van der Waals surface area contributed by atoms with Gasteiger partial charge in [-0.25, -0.2) is 0 Å². The number of rotatable bonds is 8. The first kappa shape index (κ1) is 25.7. The SMILES string of the molecule is CC[C@@H](C(=O)NC(C)(C)C)N(Cc1ccccc1C)C(=O)COc1cc(C)c(Cl)c(C)c1. The van der Waals surface area contributed by atoms with Crippen LogP contribution in [0.25, 0.3) is 0 Å². The van der Waals surface area contributed by atoms with Crippen molar-refractivity contribution in [1.82, 2.24) is 10.2 Å². The number of hydrogen-bond donors (Lipinski definition) is 1. The first-order chi connectivity index (χ1) is 14.9. The van der Waals surface area contributed by atoms with Gasteiger partial charge in [-0.05, 0) is 82.3 Å². The first-order valence-electron chi connectivity index (χ1n) is 11.0. The quantitative estimate of drug-likeness (QED) is 0.578. The van der Waals surface area contributed by atoms with E-state index in [1.165, 1.54) is 0 Å². The third-order valence-electron chi connectivity index (χ3n) is 5.26. The zero-order chi connectivity index (χ0) is 24.1. The van der Waals surface area contributed by atoms with Gasteiger partial charge in [0, 0.05) is 17.1 Å². The Bertz CT molecular complexity index is 943. The molecule has 0 saturated heterocycles. The zero-order valence-electron chi connectivity index (χ0n) is 20.2. The number of carbonyl (C=O) groups is 2. The average molecular weight is 459 g/mol. The molecule has 0 heterocycles. The van der Waals surface area contributed by atoms with Gasteiger partial charge < -0.3 is 15.0 Å². The molecule has 0 unspecified atom stereocenters. The maximum Gasteiger partial charge on any atom is 0.261 e. The monoisotopic (exact) mass is 458 g/mol. The molecule has 0 aliphatic rings. The summed E-state index contributed by atoms with van der Waals surface area (Å²) in [6.45, 7) is 13.7. The summed E-state index contributed by atoms with van der Waals surface area (Å²) in [4.78, 5) is 28.0. The molecule has 6 heteroatoms. The number of ether oxygens (including phenoxy) is 1. The summed E-state index contributed by atoms with van der Waals surface area (Å²) in [6.07, 6.45) is 0.499. The molecule has 0 saturated carbocycles. The molecule has 0 radical (unpaired) electrons. The standard InChI is InChI=1S/C26H35ClN2O3/c1-8-22(25(31)28-26(5,6)7)29(15-20-12-10-9-11-17(20)2)23(30)16-32-21-13-18(3)24(27)19(4)14-21/h9-14,22H,8,15-16H2,1-7H3,(H,28,31)/t22-/m0/s1. The van der Waals surface area contributed by atoms with E-state index in [2.05, 4.69) is 5.32 Å². The Morgan fingerprint density at radius 1 is 1.06 bits per heavy atom. The van der Waals surface area contributed by atoms with Crippen molar-refractivity contribution < 1.29 is 14.3 Å². The first-order valence-corrected chi connectivity index (χ1v) is 11.4. The fourth-order valence-electron chi connectivity index (χ4n) is 3.56. The number of hydrogen-bond acceptors (Lipinski definition) is 3. The molecule has 2 rings (SSSR count). The minimum Gasteiger partial charge on any atom is -0.484 e. The molecule has 5 nitrogen and oxygen atoms in total. The lowest BCUT2D eigenvalue weighted by molar-refractivity contribution is -0.143. The predicted molar refractivity (Wildman–Crippen MR) is 130 cm³/mol. The fourth-order valence-corrected chi connectivity index (χ4v) is 3.67.